The standard InChI is InChI=1S/C27H29N5O3S2/c1-18-7-6-11-31-24(18)29-23(28-10-12-30-13-15-35-16-14-30)21(25(31)33)17-22-26(34)32(27(36)37-22)19(2)20-8-4-3-5-9-20/h3-9,11,17,19,28H,10,12-16H2,1-2H3/b22-17-/t19-/m1/s1. The highest BCUT2D eigenvalue weighted by molar-refractivity contribution is 8.26. The first-order valence-corrected chi connectivity index (χ1v) is 13.5. The molecular formula is C27H29N5O3S2. The summed E-state index contributed by atoms with van der Waals surface area (Å²) in [6.07, 6.45) is 3.34. The highest BCUT2D eigenvalue weighted by Gasteiger charge is 2.36. The van der Waals surface area contributed by atoms with Gasteiger partial charge in [0.15, 0.2) is 0 Å². The number of rotatable bonds is 7. The van der Waals surface area contributed by atoms with Crippen molar-refractivity contribution in [1.82, 2.24) is 19.2 Å². The first-order valence-electron chi connectivity index (χ1n) is 12.3. The molecule has 2 saturated heterocycles. The van der Waals surface area contributed by atoms with Gasteiger partial charge in [-0.2, -0.15) is 0 Å². The lowest BCUT2D eigenvalue weighted by molar-refractivity contribution is -0.123. The van der Waals surface area contributed by atoms with Crippen molar-refractivity contribution < 1.29 is 9.53 Å². The molecule has 1 amide bonds. The Bertz CT molecular complexity index is 1420. The highest BCUT2D eigenvalue weighted by Crippen LogP contribution is 2.38. The number of thiocarbonyl (C=S) groups is 1. The molecule has 192 valence electrons. The zero-order valence-electron chi connectivity index (χ0n) is 20.8. The van der Waals surface area contributed by atoms with E-state index < -0.39 is 0 Å². The number of benzene rings is 1. The van der Waals surface area contributed by atoms with Crippen molar-refractivity contribution in [2.75, 3.05) is 44.7 Å². The second kappa shape index (κ2) is 11.1. The molecule has 1 aromatic carbocycles. The lowest BCUT2D eigenvalue weighted by Crippen LogP contribution is -2.39. The fourth-order valence-corrected chi connectivity index (χ4v) is 5.96. The Labute approximate surface area is 225 Å². The van der Waals surface area contributed by atoms with Gasteiger partial charge in [-0.15, -0.1) is 0 Å². The fraction of sp³-hybridized carbons (Fsp3) is 0.333. The number of nitrogens with zero attached hydrogens (tertiary/aromatic N) is 4. The predicted octanol–water partition coefficient (Wildman–Crippen LogP) is 3.71. The third-order valence-electron chi connectivity index (χ3n) is 6.68. The summed E-state index contributed by atoms with van der Waals surface area (Å²) in [5.41, 5.74) is 2.59. The van der Waals surface area contributed by atoms with Gasteiger partial charge in [-0.3, -0.25) is 23.8 Å². The Morgan fingerprint density at radius 3 is 2.68 bits per heavy atom. The van der Waals surface area contributed by atoms with Crippen LogP contribution < -0.4 is 10.9 Å². The summed E-state index contributed by atoms with van der Waals surface area (Å²) in [6.45, 7) is 8.50. The average molecular weight is 536 g/mol. The molecule has 1 N–H and O–H groups in total. The number of thioether (sulfide) groups is 1. The second-order valence-electron chi connectivity index (χ2n) is 9.08. The summed E-state index contributed by atoms with van der Waals surface area (Å²) in [5.74, 6) is 0.258. The van der Waals surface area contributed by atoms with Crippen LogP contribution in [0.25, 0.3) is 11.7 Å². The van der Waals surface area contributed by atoms with E-state index in [4.69, 9.17) is 21.9 Å². The van der Waals surface area contributed by atoms with E-state index in [1.165, 1.54) is 16.2 Å². The number of anilines is 1. The van der Waals surface area contributed by atoms with Crippen LogP contribution in [0.3, 0.4) is 0 Å². The van der Waals surface area contributed by atoms with Crippen LogP contribution in [0.5, 0.6) is 0 Å². The Hall–Kier alpha value is -3.05. The molecule has 1 atom stereocenters. The Balaban J connectivity index is 1.48. The number of aromatic nitrogens is 2. The lowest BCUT2D eigenvalue weighted by atomic mass is 10.1. The van der Waals surface area contributed by atoms with Gasteiger partial charge >= 0.3 is 0 Å². The van der Waals surface area contributed by atoms with Crippen molar-refractivity contribution in [3.63, 3.8) is 0 Å². The van der Waals surface area contributed by atoms with Gasteiger partial charge in [0.25, 0.3) is 11.5 Å². The van der Waals surface area contributed by atoms with Crippen molar-refractivity contribution in [2.45, 2.75) is 19.9 Å². The number of carbonyl (C=O) groups excluding carboxylic acids is 1. The number of amides is 1. The molecule has 2 aliphatic heterocycles. The highest BCUT2D eigenvalue weighted by atomic mass is 32.2. The quantitative estimate of drug-likeness (QED) is 0.362. The molecule has 2 aliphatic rings. The van der Waals surface area contributed by atoms with Crippen LogP contribution in [-0.2, 0) is 9.53 Å². The molecule has 8 nitrogen and oxygen atoms in total. The maximum Gasteiger partial charge on any atom is 0.267 e. The minimum atomic E-state index is -0.232. The van der Waals surface area contributed by atoms with Crippen LogP contribution in [0.1, 0.15) is 29.7 Å². The molecule has 0 saturated carbocycles. The molecule has 0 aliphatic carbocycles. The van der Waals surface area contributed by atoms with Crippen molar-refractivity contribution in [1.29, 1.82) is 0 Å². The smallest absolute Gasteiger partial charge is 0.267 e. The van der Waals surface area contributed by atoms with Gasteiger partial charge in [-0.25, -0.2) is 4.98 Å². The van der Waals surface area contributed by atoms with Gasteiger partial charge < -0.3 is 10.1 Å². The maximum absolute atomic E-state index is 13.6. The molecule has 0 spiro atoms. The Morgan fingerprint density at radius 1 is 1.16 bits per heavy atom. The van der Waals surface area contributed by atoms with Crippen molar-refractivity contribution in [2.24, 2.45) is 0 Å². The zero-order chi connectivity index (χ0) is 25.9. The van der Waals surface area contributed by atoms with Crippen LogP contribution >= 0.6 is 24.0 Å². The summed E-state index contributed by atoms with van der Waals surface area (Å²) in [4.78, 5) is 36.2. The van der Waals surface area contributed by atoms with E-state index in [0.717, 1.165) is 44.0 Å². The Kier molecular flexibility index (Phi) is 7.71. The van der Waals surface area contributed by atoms with Crippen molar-refractivity contribution in [3.8, 4) is 0 Å². The van der Waals surface area contributed by atoms with Crippen molar-refractivity contribution >= 4 is 51.7 Å². The molecule has 2 fully saturated rings. The van der Waals surface area contributed by atoms with E-state index in [0.29, 0.717) is 32.8 Å². The van der Waals surface area contributed by atoms with E-state index in [9.17, 15) is 9.59 Å². The number of pyridine rings is 1. The molecule has 2 aromatic heterocycles. The monoisotopic (exact) mass is 535 g/mol. The van der Waals surface area contributed by atoms with Crippen LogP contribution in [-0.4, -0.2) is 68.8 Å². The van der Waals surface area contributed by atoms with Gasteiger partial charge in [0.1, 0.15) is 15.8 Å². The lowest BCUT2D eigenvalue weighted by Gasteiger charge is -2.26. The van der Waals surface area contributed by atoms with E-state index >= 15 is 0 Å². The molecule has 0 bridgehead atoms. The normalized spacial score (nSPS) is 18.6. The number of ether oxygens (including phenoxy) is 1. The van der Waals surface area contributed by atoms with Crippen LogP contribution in [0.15, 0.2) is 58.4 Å². The minimum absolute atomic E-state index is 0.209. The van der Waals surface area contributed by atoms with E-state index in [1.54, 1.807) is 17.2 Å². The number of hydrogen-bond acceptors (Lipinski definition) is 8. The van der Waals surface area contributed by atoms with Gasteiger partial charge in [-0.1, -0.05) is 60.4 Å². The molecule has 0 radical (unpaired) electrons. The summed E-state index contributed by atoms with van der Waals surface area (Å²) < 4.78 is 7.43. The summed E-state index contributed by atoms with van der Waals surface area (Å²) >= 11 is 6.80. The topological polar surface area (TPSA) is 79.2 Å². The molecule has 4 heterocycles. The third kappa shape index (κ3) is 5.33. The number of fused-ring (bicyclic) bond motifs is 1. The van der Waals surface area contributed by atoms with Gasteiger partial charge in [0, 0.05) is 32.4 Å². The molecule has 5 rings (SSSR count). The second-order valence-corrected chi connectivity index (χ2v) is 10.8. The third-order valence-corrected chi connectivity index (χ3v) is 8.01. The molecule has 37 heavy (non-hydrogen) atoms. The van der Waals surface area contributed by atoms with Gasteiger partial charge in [-0.05, 0) is 37.1 Å². The van der Waals surface area contributed by atoms with E-state index in [2.05, 4.69) is 10.2 Å². The summed E-state index contributed by atoms with van der Waals surface area (Å²) in [7, 11) is 0. The van der Waals surface area contributed by atoms with E-state index in [-0.39, 0.29) is 17.5 Å². The van der Waals surface area contributed by atoms with Gasteiger partial charge in [0.2, 0.25) is 0 Å². The van der Waals surface area contributed by atoms with Crippen LogP contribution in [0, 0.1) is 6.92 Å². The zero-order valence-corrected chi connectivity index (χ0v) is 22.5. The SMILES string of the molecule is Cc1cccn2c(=O)c(/C=C3\SC(=S)N([C@H](C)c4ccccc4)C3=O)c(NCCN3CCOCC3)nc12. The fourth-order valence-electron chi connectivity index (χ4n) is 4.56. The van der Waals surface area contributed by atoms with E-state index in [1.807, 2.05) is 56.3 Å². The minimum Gasteiger partial charge on any atom is -0.379 e. The number of morpholine rings is 1. The molecule has 10 heteroatoms. The number of hydrogen-bond donors (Lipinski definition) is 1. The summed E-state index contributed by atoms with van der Waals surface area (Å²) in [6, 6.07) is 13.3. The first-order chi connectivity index (χ1) is 17.9. The Morgan fingerprint density at radius 2 is 1.92 bits per heavy atom. The molecule has 3 aromatic rings. The average Bonchev–Trinajstić information content (AvgIpc) is 3.19. The van der Waals surface area contributed by atoms with Crippen LogP contribution in [0.2, 0.25) is 0 Å². The largest absolute Gasteiger partial charge is 0.379 e. The first kappa shape index (κ1) is 25.6. The number of carbonyl (C=O) groups is 1. The maximum atomic E-state index is 13.6. The van der Waals surface area contributed by atoms with Crippen molar-refractivity contribution in [3.05, 3.63) is 80.6 Å². The number of nitrogens with one attached hydrogen (secondary N) is 1. The molecule has 0 unspecified atom stereocenters. The summed E-state index contributed by atoms with van der Waals surface area (Å²) in [5, 5.41) is 3.36. The van der Waals surface area contributed by atoms with Gasteiger partial charge in [0.05, 0.1) is 29.7 Å². The number of aryl methyl sites for hydroxylation is 1. The van der Waals surface area contributed by atoms with Crippen LogP contribution in [0.4, 0.5) is 5.82 Å². The predicted molar refractivity (Wildman–Crippen MR) is 152 cm³/mol. The molecular weight excluding hydrogens is 506 g/mol.